The lowest BCUT2D eigenvalue weighted by Crippen LogP contribution is -1.91. The highest BCUT2D eigenvalue weighted by atomic mass is 16.5. The lowest BCUT2D eigenvalue weighted by atomic mass is 10.0. The van der Waals surface area contributed by atoms with E-state index in [4.69, 9.17) is 4.52 Å². The molecule has 1 aromatic carbocycles. The molecule has 2 aromatic rings. The van der Waals surface area contributed by atoms with Crippen LogP contribution in [0.3, 0.4) is 0 Å². The van der Waals surface area contributed by atoms with E-state index in [-0.39, 0.29) is 0 Å². The Morgan fingerprint density at radius 3 is 2.74 bits per heavy atom. The SMILES string of the molecule is C/C=C\C=C/c1cccc(CCCCc2onc(C=O)c2C)c1. The van der Waals surface area contributed by atoms with Gasteiger partial charge in [0.1, 0.15) is 11.5 Å². The van der Waals surface area contributed by atoms with Gasteiger partial charge in [-0.1, -0.05) is 53.7 Å². The number of aldehydes is 1. The van der Waals surface area contributed by atoms with Gasteiger partial charge in [0.05, 0.1) is 0 Å². The molecule has 3 heteroatoms. The second-order valence-electron chi connectivity index (χ2n) is 5.57. The number of allylic oxidation sites excluding steroid dienone is 3. The standard InChI is InChI=1S/C20H23NO2/c1-3-4-5-9-17-11-8-12-18(14-17)10-6-7-13-20-16(2)19(15-22)21-23-20/h3-5,8-9,11-12,14-15H,6-7,10,13H2,1-2H3/b4-3-,9-5-. The van der Waals surface area contributed by atoms with Crippen LogP contribution in [0.1, 0.15) is 52.7 Å². The van der Waals surface area contributed by atoms with Crippen molar-refractivity contribution < 1.29 is 9.32 Å². The molecule has 0 unspecified atom stereocenters. The van der Waals surface area contributed by atoms with E-state index in [2.05, 4.69) is 41.6 Å². The molecule has 120 valence electrons. The highest BCUT2D eigenvalue weighted by molar-refractivity contribution is 5.74. The van der Waals surface area contributed by atoms with Crippen molar-refractivity contribution in [1.82, 2.24) is 5.16 Å². The highest BCUT2D eigenvalue weighted by Crippen LogP contribution is 2.16. The third kappa shape index (κ3) is 5.06. The Morgan fingerprint density at radius 1 is 1.17 bits per heavy atom. The van der Waals surface area contributed by atoms with E-state index in [1.807, 2.05) is 26.0 Å². The average Bonchev–Trinajstić information content (AvgIpc) is 2.92. The van der Waals surface area contributed by atoms with Crippen molar-refractivity contribution in [3.63, 3.8) is 0 Å². The van der Waals surface area contributed by atoms with Crippen molar-refractivity contribution >= 4 is 12.4 Å². The molecule has 1 heterocycles. The van der Waals surface area contributed by atoms with Gasteiger partial charge in [-0.05, 0) is 44.2 Å². The van der Waals surface area contributed by atoms with Crippen molar-refractivity contribution in [2.75, 3.05) is 0 Å². The first-order chi connectivity index (χ1) is 11.2. The lowest BCUT2D eigenvalue weighted by Gasteiger charge is -2.03. The smallest absolute Gasteiger partial charge is 0.172 e. The summed E-state index contributed by atoms with van der Waals surface area (Å²) >= 11 is 0. The van der Waals surface area contributed by atoms with E-state index >= 15 is 0 Å². The van der Waals surface area contributed by atoms with E-state index in [9.17, 15) is 4.79 Å². The van der Waals surface area contributed by atoms with Crippen LogP contribution in [0, 0.1) is 6.92 Å². The minimum Gasteiger partial charge on any atom is -0.360 e. The minimum absolute atomic E-state index is 0.417. The summed E-state index contributed by atoms with van der Waals surface area (Å²) in [7, 11) is 0. The van der Waals surface area contributed by atoms with Gasteiger partial charge in [-0.2, -0.15) is 0 Å². The predicted molar refractivity (Wildman–Crippen MR) is 93.6 cm³/mol. The van der Waals surface area contributed by atoms with Crippen molar-refractivity contribution in [3.8, 4) is 0 Å². The van der Waals surface area contributed by atoms with Crippen LogP contribution in [0.25, 0.3) is 6.08 Å². The molecule has 0 spiro atoms. The molecule has 0 aliphatic carbocycles. The van der Waals surface area contributed by atoms with Gasteiger partial charge < -0.3 is 4.52 Å². The van der Waals surface area contributed by atoms with E-state index in [0.717, 1.165) is 43.3 Å². The quantitative estimate of drug-likeness (QED) is 0.393. The molecular weight excluding hydrogens is 286 g/mol. The van der Waals surface area contributed by atoms with E-state index in [1.54, 1.807) is 0 Å². The predicted octanol–water partition coefficient (Wildman–Crippen LogP) is 4.95. The Bertz CT molecular complexity index is 695. The number of hydrogen-bond acceptors (Lipinski definition) is 3. The molecule has 3 nitrogen and oxygen atoms in total. The van der Waals surface area contributed by atoms with Gasteiger partial charge in [-0.25, -0.2) is 0 Å². The Balaban J connectivity index is 1.83. The van der Waals surface area contributed by atoms with Gasteiger partial charge >= 0.3 is 0 Å². The molecule has 23 heavy (non-hydrogen) atoms. The molecule has 0 aliphatic rings. The molecule has 0 radical (unpaired) electrons. The van der Waals surface area contributed by atoms with Gasteiger partial charge in [0.2, 0.25) is 0 Å². The Labute approximate surface area is 137 Å². The molecule has 1 aromatic heterocycles. The zero-order valence-corrected chi connectivity index (χ0v) is 13.8. The fourth-order valence-electron chi connectivity index (χ4n) is 2.47. The molecule has 0 amide bonds. The van der Waals surface area contributed by atoms with Crippen molar-refractivity contribution in [3.05, 3.63) is 70.6 Å². The average molecular weight is 309 g/mol. The lowest BCUT2D eigenvalue weighted by molar-refractivity contribution is 0.111. The number of nitrogens with zero attached hydrogens (tertiary/aromatic N) is 1. The van der Waals surface area contributed by atoms with Crippen LogP contribution in [0.4, 0.5) is 0 Å². The first-order valence-corrected chi connectivity index (χ1v) is 8.03. The Morgan fingerprint density at radius 2 is 2.00 bits per heavy atom. The van der Waals surface area contributed by atoms with Crippen molar-refractivity contribution in [2.24, 2.45) is 0 Å². The molecule has 2 rings (SSSR count). The summed E-state index contributed by atoms with van der Waals surface area (Å²) in [6, 6.07) is 8.60. The maximum absolute atomic E-state index is 10.7. The number of rotatable bonds is 8. The Hall–Kier alpha value is -2.42. The minimum atomic E-state index is 0.417. The third-order valence-electron chi connectivity index (χ3n) is 3.83. The van der Waals surface area contributed by atoms with Gasteiger partial charge in [-0.15, -0.1) is 0 Å². The van der Waals surface area contributed by atoms with Crippen LogP contribution in [0.2, 0.25) is 0 Å². The topological polar surface area (TPSA) is 43.1 Å². The molecule has 0 saturated heterocycles. The fraction of sp³-hybridized carbons (Fsp3) is 0.300. The molecule has 0 bridgehead atoms. The number of aryl methyl sites for hydroxylation is 2. The van der Waals surface area contributed by atoms with Gasteiger partial charge in [0, 0.05) is 12.0 Å². The van der Waals surface area contributed by atoms with E-state index in [0.29, 0.717) is 5.69 Å². The first kappa shape index (κ1) is 16.9. The Kier molecular flexibility index (Phi) is 6.55. The maximum atomic E-state index is 10.7. The second kappa shape index (κ2) is 8.89. The normalized spacial score (nSPS) is 11.6. The number of aromatic nitrogens is 1. The van der Waals surface area contributed by atoms with Crippen molar-refractivity contribution in [2.45, 2.75) is 39.5 Å². The van der Waals surface area contributed by atoms with Gasteiger partial charge in [0.25, 0.3) is 0 Å². The number of hydrogen-bond donors (Lipinski definition) is 0. The summed E-state index contributed by atoms with van der Waals surface area (Å²) in [6.07, 6.45) is 12.9. The number of benzene rings is 1. The largest absolute Gasteiger partial charge is 0.360 e. The second-order valence-corrected chi connectivity index (χ2v) is 5.57. The molecule has 0 atom stereocenters. The molecule has 0 saturated carbocycles. The fourth-order valence-corrected chi connectivity index (χ4v) is 2.47. The third-order valence-corrected chi connectivity index (χ3v) is 3.83. The van der Waals surface area contributed by atoms with Gasteiger partial charge in [-0.3, -0.25) is 4.79 Å². The van der Waals surface area contributed by atoms with Crippen LogP contribution < -0.4 is 0 Å². The molecule has 0 fully saturated rings. The summed E-state index contributed by atoms with van der Waals surface area (Å²) in [6.45, 7) is 3.89. The van der Waals surface area contributed by atoms with Crippen LogP contribution in [-0.2, 0) is 12.8 Å². The summed E-state index contributed by atoms with van der Waals surface area (Å²) in [4.78, 5) is 10.7. The molecule has 0 aliphatic heterocycles. The number of unbranched alkanes of at least 4 members (excludes halogenated alkanes) is 1. The number of carbonyl (C=O) groups is 1. The van der Waals surface area contributed by atoms with Crippen molar-refractivity contribution in [1.29, 1.82) is 0 Å². The van der Waals surface area contributed by atoms with E-state index in [1.165, 1.54) is 11.1 Å². The zero-order chi connectivity index (χ0) is 16.5. The summed E-state index contributed by atoms with van der Waals surface area (Å²) in [5.74, 6) is 0.829. The van der Waals surface area contributed by atoms with Crippen LogP contribution in [0.15, 0.2) is 47.0 Å². The summed E-state index contributed by atoms with van der Waals surface area (Å²) in [5, 5.41) is 3.76. The van der Waals surface area contributed by atoms with Crippen LogP contribution in [0.5, 0.6) is 0 Å². The maximum Gasteiger partial charge on any atom is 0.172 e. The zero-order valence-electron chi connectivity index (χ0n) is 13.8. The highest BCUT2D eigenvalue weighted by Gasteiger charge is 2.10. The molecular formula is C20H23NO2. The monoisotopic (exact) mass is 309 g/mol. The molecule has 0 N–H and O–H groups in total. The summed E-state index contributed by atoms with van der Waals surface area (Å²) < 4.78 is 5.22. The number of carbonyl (C=O) groups excluding carboxylic acids is 1. The van der Waals surface area contributed by atoms with Gasteiger partial charge in [0.15, 0.2) is 6.29 Å². The summed E-state index contributed by atoms with van der Waals surface area (Å²) in [5.41, 5.74) is 3.86. The van der Waals surface area contributed by atoms with E-state index < -0.39 is 0 Å². The van der Waals surface area contributed by atoms with Crippen LogP contribution >= 0.6 is 0 Å². The van der Waals surface area contributed by atoms with Crippen LogP contribution in [-0.4, -0.2) is 11.4 Å². The first-order valence-electron chi connectivity index (χ1n) is 8.03.